The molecular formula is C24H38N2O. The van der Waals surface area contributed by atoms with Gasteiger partial charge < -0.3 is 0 Å². The van der Waals surface area contributed by atoms with Gasteiger partial charge in [0, 0.05) is 30.3 Å². The Morgan fingerprint density at radius 1 is 1.22 bits per heavy atom. The maximum atomic E-state index is 12.5. The van der Waals surface area contributed by atoms with Crippen LogP contribution in [0.1, 0.15) is 84.4 Å². The molecule has 27 heavy (non-hydrogen) atoms. The van der Waals surface area contributed by atoms with E-state index >= 15 is 0 Å². The third kappa shape index (κ3) is 6.97. The van der Waals surface area contributed by atoms with Gasteiger partial charge in [0.15, 0.2) is 5.78 Å². The van der Waals surface area contributed by atoms with Gasteiger partial charge in [-0.25, -0.2) is 0 Å². The normalized spacial score (nSPS) is 13.7. The van der Waals surface area contributed by atoms with Crippen molar-refractivity contribution in [3.63, 3.8) is 0 Å². The fraction of sp³-hybridized carbons (Fsp3) is 0.583. The van der Waals surface area contributed by atoms with Crippen LogP contribution >= 0.6 is 0 Å². The smallest absolute Gasteiger partial charge is 0.162 e. The first kappa shape index (κ1) is 23.1. The quantitative estimate of drug-likeness (QED) is 0.240. The SMILES string of the molecule is C=C(/C=C(\C=C(\C)C(C)CC)C(=O)CC)c1cnn(C)c1CCCCCC. The summed E-state index contributed by atoms with van der Waals surface area (Å²) in [7, 11) is 1.99. The molecule has 0 aliphatic rings. The van der Waals surface area contributed by atoms with Crippen molar-refractivity contribution < 1.29 is 4.79 Å². The van der Waals surface area contributed by atoms with E-state index in [2.05, 4.69) is 39.4 Å². The van der Waals surface area contributed by atoms with E-state index in [1.165, 1.54) is 30.5 Å². The molecule has 3 nitrogen and oxygen atoms in total. The molecule has 1 aromatic heterocycles. The van der Waals surface area contributed by atoms with Crippen LogP contribution in [0.5, 0.6) is 0 Å². The summed E-state index contributed by atoms with van der Waals surface area (Å²) in [5.74, 6) is 0.631. The van der Waals surface area contributed by atoms with Crippen LogP contribution in [-0.2, 0) is 18.3 Å². The second-order valence-electron chi connectivity index (χ2n) is 7.54. The highest BCUT2D eigenvalue weighted by Gasteiger charge is 2.13. The lowest BCUT2D eigenvalue weighted by molar-refractivity contribution is -0.115. The van der Waals surface area contributed by atoms with Gasteiger partial charge in [-0.3, -0.25) is 9.48 Å². The lowest BCUT2D eigenvalue weighted by Gasteiger charge is -2.11. The zero-order valence-electron chi connectivity index (χ0n) is 18.3. The van der Waals surface area contributed by atoms with Gasteiger partial charge in [-0.15, -0.1) is 0 Å². The Morgan fingerprint density at radius 3 is 2.52 bits per heavy atom. The van der Waals surface area contributed by atoms with Crippen molar-refractivity contribution in [1.29, 1.82) is 0 Å². The summed E-state index contributed by atoms with van der Waals surface area (Å²) in [5, 5.41) is 4.44. The van der Waals surface area contributed by atoms with Crippen LogP contribution in [0.3, 0.4) is 0 Å². The minimum absolute atomic E-state index is 0.159. The highest BCUT2D eigenvalue weighted by Crippen LogP contribution is 2.24. The minimum atomic E-state index is 0.159. The number of Topliss-reactive ketones (excluding diaryl/α,β-unsaturated/α-hetero) is 1. The average Bonchev–Trinajstić information content (AvgIpc) is 3.03. The summed E-state index contributed by atoms with van der Waals surface area (Å²) in [6.45, 7) is 14.9. The van der Waals surface area contributed by atoms with Crippen molar-refractivity contribution in [3.8, 4) is 0 Å². The number of aryl methyl sites for hydroxylation is 1. The Balaban J connectivity index is 3.12. The number of allylic oxidation sites excluding steroid dienone is 5. The van der Waals surface area contributed by atoms with Crippen molar-refractivity contribution in [2.75, 3.05) is 0 Å². The summed E-state index contributed by atoms with van der Waals surface area (Å²) >= 11 is 0. The second kappa shape index (κ2) is 11.7. The topological polar surface area (TPSA) is 34.9 Å². The standard InChI is InChI=1S/C24H38N2O/c1-8-11-12-13-14-23-22(17-25-26(23)7)20(6)16-21(24(27)10-3)15-19(5)18(4)9-2/h15-18H,6,8-14H2,1-5,7H3/b19-15-,21-16+. The molecule has 0 radical (unpaired) electrons. The van der Waals surface area contributed by atoms with Gasteiger partial charge >= 0.3 is 0 Å². The number of nitrogens with zero attached hydrogens (tertiary/aromatic N) is 2. The van der Waals surface area contributed by atoms with Gasteiger partial charge in [0.2, 0.25) is 0 Å². The summed E-state index contributed by atoms with van der Waals surface area (Å²) in [6, 6.07) is 0. The number of aromatic nitrogens is 2. The van der Waals surface area contributed by atoms with Gasteiger partial charge in [-0.1, -0.05) is 65.2 Å². The monoisotopic (exact) mass is 370 g/mol. The fourth-order valence-electron chi connectivity index (χ4n) is 3.13. The Labute approximate surface area is 166 Å². The largest absolute Gasteiger partial charge is 0.294 e. The number of carbonyl (C=O) groups excluding carboxylic acids is 1. The molecule has 0 bridgehead atoms. The zero-order valence-corrected chi connectivity index (χ0v) is 18.3. The number of hydrogen-bond acceptors (Lipinski definition) is 2. The Kier molecular flexibility index (Phi) is 10.1. The van der Waals surface area contributed by atoms with Crippen molar-refractivity contribution >= 4 is 11.4 Å². The first-order chi connectivity index (χ1) is 12.8. The molecule has 0 aliphatic carbocycles. The third-order valence-corrected chi connectivity index (χ3v) is 5.42. The molecule has 1 atom stereocenters. The molecule has 1 unspecified atom stereocenters. The third-order valence-electron chi connectivity index (χ3n) is 5.42. The minimum Gasteiger partial charge on any atom is -0.294 e. The molecule has 3 heteroatoms. The predicted octanol–water partition coefficient (Wildman–Crippen LogP) is 6.45. The summed E-state index contributed by atoms with van der Waals surface area (Å²) < 4.78 is 1.95. The van der Waals surface area contributed by atoms with E-state index in [4.69, 9.17) is 0 Å². The van der Waals surface area contributed by atoms with Crippen LogP contribution in [0.25, 0.3) is 5.57 Å². The molecular weight excluding hydrogens is 332 g/mol. The van der Waals surface area contributed by atoms with Gasteiger partial charge in [0.1, 0.15) is 0 Å². The lowest BCUT2D eigenvalue weighted by Crippen LogP contribution is -2.03. The van der Waals surface area contributed by atoms with E-state index in [1.807, 2.05) is 37.0 Å². The van der Waals surface area contributed by atoms with E-state index < -0.39 is 0 Å². The summed E-state index contributed by atoms with van der Waals surface area (Å²) in [6.07, 6.45) is 13.3. The molecule has 0 aliphatic heterocycles. The highest BCUT2D eigenvalue weighted by atomic mass is 16.1. The molecule has 1 aromatic rings. The molecule has 0 N–H and O–H groups in total. The van der Waals surface area contributed by atoms with Crippen molar-refractivity contribution in [3.05, 3.63) is 47.3 Å². The van der Waals surface area contributed by atoms with Crippen LogP contribution in [-0.4, -0.2) is 15.6 Å². The van der Waals surface area contributed by atoms with E-state index in [1.54, 1.807) is 0 Å². The van der Waals surface area contributed by atoms with E-state index in [9.17, 15) is 4.79 Å². The Morgan fingerprint density at radius 2 is 1.93 bits per heavy atom. The number of carbonyl (C=O) groups is 1. The van der Waals surface area contributed by atoms with Crippen LogP contribution < -0.4 is 0 Å². The molecule has 0 aromatic carbocycles. The van der Waals surface area contributed by atoms with E-state index in [-0.39, 0.29) is 5.78 Å². The van der Waals surface area contributed by atoms with Crippen LogP contribution in [0.4, 0.5) is 0 Å². The first-order valence-electron chi connectivity index (χ1n) is 10.5. The van der Waals surface area contributed by atoms with Gasteiger partial charge in [-0.2, -0.15) is 5.10 Å². The van der Waals surface area contributed by atoms with Gasteiger partial charge in [0.05, 0.1) is 6.20 Å². The fourth-order valence-corrected chi connectivity index (χ4v) is 3.13. The molecule has 150 valence electrons. The average molecular weight is 371 g/mol. The number of unbranched alkanes of at least 4 members (excludes halogenated alkanes) is 3. The van der Waals surface area contributed by atoms with Crippen LogP contribution in [0, 0.1) is 5.92 Å². The Hall–Kier alpha value is -1.90. The molecule has 0 amide bonds. The molecule has 1 rings (SSSR count). The van der Waals surface area contributed by atoms with E-state index in [0.717, 1.165) is 36.0 Å². The molecule has 0 fully saturated rings. The van der Waals surface area contributed by atoms with Crippen molar-refractivity contribution in [2.45, 2.75) is 79.6 Å². The van der Waals surface area contributed by atoms with Crippen LogP contribution in [0.15, 0.2) is 36.1 Å². The maximum absolute atomic E-state index is 12.5. The van der Waals surface area contributed by atoms with Gasteiger partial charge in [-0.05, 0) is 43.8 Å². The van der Waals surface area contributed by atoms with Crippen molar-refractivity contribution in [1.82, 2.24) is 9.78 Å². The predicted molar refractivity (Wildman–Crippen MR) is 117 cm³/mol. The van der Waals surface area contributed by atoms with Crippen molar-refractivity contribution in [2.24, 2.45) is 13.0 Å². The van der Waals surface area contributed by atoms with Gasteiger partial charge in [0.25, 0.3) is 0 Å². The second-order valence-corrected chi connectivity index (χ2v) is 7.54. The summed E-state index contributed by atoms with van der Waals surface area (Å²) in [4.78, 5) is 12.5. The first-order valence-corrected chi connectivity index (χ1v) is 10.5. The van der Waals surface area contributed by atoms with E-state index in [0.29, 0.717) is 12.3 Å². The number of rotatable bonds is 12. The molecule has 0 saturated heterocycles. The zero-order chi connectivity index (χ0) is 20.4. The van der Waals surface area contributed by atoms with Crippen LogP contribution in [0.2, 0.25) is 0 Å². The number of hydrogen-bond donors (Lipinski definition) is 0. The summed E-state index contributed by atoms with van der Waals surface area (Å²) in [5.41, 5.74) is 5.13. The maximum Gasteiger partial charge on any atom is 0.162 e. The molecule has 0 saturated carbocycles. The molecule has 1 heterocycles. The molecule has 0 spiro atoms. The highest BCUT2D eigenvalue weighted by molar-refractivity contribution is 6.00. The number of ketones is 1. The lowest BCUT2D eigenvalue weighted by atomic mass is 9.94. The Bertz CT molecular complexity index is 691.